The molecule has 2 nitrogen and oxygen atoms in total. The van der Waals surface area contributed by atoms with Crippen molar-refractivity contribution in [2.45, 2.75) is 13.3 Å². The number of primary amides is 1. The summed E-state index contributed by atoms with van der Waals surface area (Å²) in [6, 6.07) is 24.4. The number of benzene rings is 3. The third kappa shape index (κ3) is 3.32. The van der Waals surface area contributed by atoms with E-state index in [0.717, 1.165) is 17.5 Å². The summed E-state index contributed by atoms with van der Waals surface area (Å²) in [5.74, 6) is -0.403. The molecule has 0 spiro atoms. The molecule has 0 atom stereocenters. The molecular weight excluding hydrogens is 282 g/mol. The number of aryl methyl sites for hydroxylation is 1. The molecule has 0 aromatic heterocycles. The van der Waals surface area contributed by atoms with Gasteiger partial charge in [0.25, 0.3) is 0 Å². The van der Waals surface area contributed by atoms with E-state index in [2.05, 4.69) is 55.5 Å². The third-order valence-corrected chi connectivity index (χ3v) is 4.06. The van der Waals surface area contributed by atoms with Gasteiger partial charge >= 0.3 is 0 Å². The fourth-order valence-corrected chi connectivity index (χ4v) is 2.64. The summed E-state index contributed by atoms with van der Waals surface area (Å²) < 4.78 is 0. The maximum Gasteiger partial charge on any atom is 0.248 e. The Kier molecular flexibility index (Phi) is 4.24. The summed E-state index contributed by atoms with van der Waals surface area (Å²) in [7, 11) is 0. The topological polar surface area (TPSA) is 43.1 Å². The molecule has 0 saturated heterocycles. The van der Waals surface area contributed by atoms with Crippen molar-refractivity contribution in [1.29, 1.82) is 0 Å². The fourth-order valence-electron chi connectivity index (χ4n) is 2.64. The molecule has 3 rings (SSSR count). The number of hydrogen-bond acceptors (Lipinski definition) is 1. The largest absolute Gasteiger partial charge is 0.366 e. The monoisotopic (exact) mass is 301 g/mol. The standard InChI is InChI=1S/C21H19NO/c1-2-15-6-8-16(9-7-15)17-10-12-18(13-11-17)19-4-3-5-20(14-19)21(22)23/h3-14H,2H2,1H3,(H2,22,23). The first-order valence-electron chi connectivity index (χ1n) is 7.77. The average Bonchev–Trinajstić information content (AvgIpc) is 2.62. The minimum absolute atomic E-state index is 0.403. The first-order chi connectivity index (χ1) is 11.2. The lowest BCUT2D eigenvalue weighted by molar-refractivity contribution is 0.100. The van der Waals surface area contributed by atoms with Crippen LogP contribution in [0.4, 0.5) is 0 Å². The SMILES string of the molecule is CCc1ccc(-c2ccc(-c3cccc(C(N)=O)c3)cc2)cc1. The third-order valence-electron chi connectivity index (χ3n) is 4.06. The molecule has 0 aliphatic rings. The van der Waals surface area contributed by atoms with Gasteiger partial charge in [-0.25, -0.2) is 0 Å². The molecule has 2 N–H and O–H groups in total. The first-order valence-corrected chi connectivity index (χ1v) is 7.77. The van der Waals surface area contributed by atoms with Gasteiger partial charge in [0.15, 0.2) is 0 Å². The number of rotatable bonds is 4. The van der Waals surface area contributed by atoms with Gasteiger partial charge in [-0.15, -0.1) is 0 Å². The summed E-state index contributed by atoms with van der Waals surface area (Å²) in [6.07, 6.45) is 1.05. The lowest BCUT2D eigenvalue weighted by Gasteiger charge is -2.07. The van der Waals surface area contributed by atoms with Gasteiger partial charge in [-0.3, -0.25) is 4.79 Å². The van der Waals surface area contributed by atoms with Crippen LogP contribution in [0.25, 0.3) is 22.3 Å². The molecule has 0 saturated carbocycles. The Morgan fingerprint density at radius 2 is 1.30 bits per heavy atom. The zero-order chi connectivity index (χ0) is 16.2. The molecule has 2 heteroatoms. The van der Waals surface area contributed by atoms with Crippen LogP contribution in [-0.4, -0.2) is 5.91 Å². The van der Waals surface area contributed by atoms with Gasteiger partial charge in [-0.05, 0) is 46.4 Å². The predicted octanol–water partition coefficient (Wildman–Crippen LogP) is 4.68. The molecule has 0 heterocycles. The van der Waals surface area contributed by atoms with E-state index < -0.39 is 5.91 Å². The Labute approximate surface area is 136 Å². The van der Waals surface area contributed by atoms with Crippen molar-refractivity contribution in [2.75, 3.05) is 0 Å². The number of amides is 1. The van der Waals surface area contributed by atoms with Gasteiger partial charge in [-0.2, -0.15) is 0 Å². The minimum atomic E-state index is -0.403. The van der Waals surface area contributed by atoms with Crippen LogP contribution in [0.15, 0.2) is 72.8 Å². The summed E-state index contributed by atoms with van der Waals surface area (Å²) in [4.78, 5) is 11.3. The zero-order valence-corrected chi connectivity index (χ0v) is 13.1. The molecule has 23 heavy (non-hydrogen) atoms. The van der Waals surface area contributed by atoms with Crippen LogP contribution in [0.2, 0.25) is 0 Å². The van der Waals surface area contributed by atoms with Crippen LogP contribution in [0.1, 0.15) is 22.8 Å². The van der Waals surface area contributed by atoms with Gasteiger partial charge in [0.1, 0.15) is 0 Å². The highest BCUT2D eigenvalue weighted by Gasteiger charge is 2.04. The molecule has 1 amide bonds. The second kappa shape index (κ2) is 6.49. The van der Waals surface area contributed by atoms with Crippen molar-refractivity contribution in [3.63, 3.8) is 0 Å². The average molecular weight is 301 g/mol. The zero-order valence-electron chi connectivity index (χ0n) is 13.1. The lowest BCUT2D eigenvalue weighted by atomic mass is 9.98. The van der Waals surface area contributed by atoms with Crippen LogP contribution in [0.3, 0.4) is 0 Å². The van der Waals surface area contributed by atoms with E-state index in [9.17, 15) is 4.79 Å². The van der Waals surface area contributed by atoms with Gasteiger partial charge < -0.3 is 5.73 Å². The van der Waals surface area contributed by atoms with Crippen LogP contribution in [0, 0.1) is 0 Å². The van der Waals surface area contributed by atoms with Crippen LogP contribution < -0.4 is 5.73 Å². The molecule has 3 aromatic carbocycles. The Hall–Kier alpha value is -2.87. The van der Waals surface area contributed by atoms with Crippen molar-refractivity contribution in [2.24, 2.45) is 5.73 Å². The molecule has 0 aliphatic carbocycles. The number of carbonyl (C=O) groups is 1. The second-order valence-corrected chi connectivity index (χ2v) is 5.57. The summed E-state index contributed by atoms with van der Waals surface area (Å²) in [5.41, 5.74) is 11.7. The Morgan fingerprint density at radius 1 is 0.783 bits per heavy atom. The van der Waals surface area contributed by atoms with Crippen molar-refractivity contribution >= 4 is 5.91 Å². The van der Waals surface area contributed by atoms with Gasteiger partial charge in [-0.1, -0.05) is 67.6 Å². The maximum absolute atomic E-state index is 11.3. The first kappa shape index (κ1) is 15.0. The van der Waals surface area contributed by atoms with Gasteiger partial charge in [0.2, 0.25) is 5.91 Å². The summed E-state index contributed by atoms with van der Waals surface area (Å²) in [5, 5.41) is 0. The highest BCUT2D eigenvalue weighted by atomic mass is 16.1. The fraction of sp³-hybridized carbons (Fsp3) is 0.0952. The van der Waals surface area contributed by atoms with Crippen LogP contribution in [-0.2, 0) is 6.42 Å². The van der Waals surface area contributed by atoms with E-state index in [4.69, 9.17) is 5.73 Å². The van der Waals surface area contributed by atoms with Gasteiger partial charge in [0, 0.05) is 5.56 Å². The minimum Gasteiger partial charge on any atom is -0.366 e. The molecule has 0 bridgehead atoms. The van der Waals surface area contributed by atoms with E-state index in [1.807, 2.05) is 18.2 Å². The molecule has 0 radical (unpaired) electrons. The van der Waals surface area contributed by atoms with Crippen molar-refractivity contribution < 1.29 is 4.79 Å². The van der Waals surface area contributed by atoms with E-state index in [1.54, 1.807) is 6.07 Å². The highest BCUT2D eigenvalue weighted by Crippen LogP contribution is 2.25. The molecule has 0 aliphatic heterocycles. The predicted molar refractivity (Wildman–Crippen MR) is 95.2 cm³/mol. The summed E-state index contributed by atoms with van der Waals surface area (Å²) in [6.45, 7) is 2.16. The van der Waals surface area contributed by atoms with E-state index >= 15 is 0 Å². The lowest BCUT2D eigenvalue weighted by Crippen LogP contribution is -2.10. The Bertz CT molecular complexity index is 817. The quantitative estimate of drug-likeness (QED) is 0.747. The normalized spacial score (nSPS) is 10.5. The smallest absolute Gasteiger partial charge is 0.248 e. The van der Waals surface area contributed by atoms with E-state index in [0.29, 0.717) is 5.56 Å². The van der Waals surface area contributed by atoms with E-state index in [1.165, 1.54) is 16.7 Å². The van der Waals surface area contributed by atoms with Gasteiger partial charge in [0.05, 0.1) is 0 Å². The van der Waals surface area contributed by atoms with Crippen molar-refractivity contribution in [3.05, 3.63) is 83.9 Å². The number of nitrogens with two attached hydrogens (primary N) is 1. The molecule has 0 unspecified atom stereocenters. The van der Waals surface area contributed by atoms with Crippen LogP contribution in [0.5, 0.6) is 0 Å². The number of hydrogen-bond donors (Lipinski definition) is 1. The van der Waals surface area contributed by atoms with Crippen molar-refractivity contribution in [3.8, 4) is 22.3 Å². The number of carbonyl (C=O) groups excluding carboxylic acids is 1. The maximum atomic E-state index is 11.3. The highest BCUT2D eigenvalue weighted by molar-refractivity contribution is 5.94. The Balaban J connectivity index is 1.89. The van der Waals surface area contributed by atoms with E-state index in [-0.39, 0.29) is 0 Å². The Morgan fingerprint density at radius 3 is 1.83 bits per heavy atom. The molecule has 3 aromatic rings. The van der Waals surface area contributed by atoms with Crippen LogP contribution >= 0.6 is 0 Å². The molecule has 114 valence electrons. The molecule has 0 fully saturated rings. The second-order valence-electron chi connectivity index (χ2n) is 5.57. The van der Waals surface area contributed by atoms with Crippen molar-refractivity contribution in [1.82, 2.24) is 0 Å². The summed E-state index contributed by atoms with van der Waals surface area (Å²) >= 11 is 0. The molecular formula is C21H19NO.